The van der Waals surface area contributed by atoms with Gasteiger partial charge in [0.1, 0.15) is 0 Å². The number of nitro groups is 1. The normalized spacial score (nSPS) is 17.1. The summed E-state index contributed by atoms with van der Waals surface area (Å²) in [6.07, 6.45) is 4.14. The maximum Gasteiger partial charge on any atom is 0.269 e. The summed E-state index contributed by atoms with van der Waals surface area (Å²) in [4.78, 5) is 12.7. The van der Waals surface area contributed by atoms with E-state index in [0.29, 0.717) is 4.05 Å². The molecule has 0 fully saturated rings. The fourth-order valence-electron chi connectivity index (χ4n) is 2.89. The van der Waals surface area contributed by atoms with Crippen LogP contribution in [0.4, 0.5) is 5.69 Å². The lowest BCUT2D eigenvalue weighted by molar-refractivity contribution is -0.384. The van der Waals surface area contributed by atoms with Gasteiger partial charge in [-0.05, 0) is 29.7 Å². The quantitative estimate of drug-likeness (QED) is 0.164. The average Bonchev–Trinajstić information content (AvgIpc) is 2.67. The second kappa shape index (κ2) is 8.97. The highest BCUT2D eigenvalue weighted by Crippen LogP contribution is 2.29. The van der Waals surface area contributed by atoms with Crippen LogP contribution in [0, 0.1) is 22.0 Å². The van der Waals surface area contributed by atoms with E-state index in [0.717, 1.165) is 31.5 Å². The third-order valence-electron chi connectivity index (χ3n) is 4.34. The standard InChI is InChI=1S/C21H19IN2O2/c22-21-16-19(18-7-2-1-3-8-18)13-15-23(21)14-5-4-6-17-9-11-20(12-10-17)24(25)26/h1-3,7-13,21H,5,14-16H2. The van der Waals surface area contributed by atoms with E-state index in [1.54, 1.807) is 12.1 Å². The lowest BCUT2D eigenvalue weighted by Gasteiger charge is -2.31. The minimum Gasteiger partial charge on any atom is -0.287 e. The number of halogens is 1. The fourth-order valence-corrected chi connectivity index (χ4v) is 3.87. The first-order valence-electron chi connectivity index (χ1n) is 8.49. The zero-order valence-corrected chi connectivity index (χ0v) is 16.4. The first-order valence-corrected chi connectivity index (χ1v) is 9.74. The van der Waals surface area contributed by atoms with E-state index >= 15 is 0 Å². The number of alkyl halides is 1. The summed E-state index contributed by atoms with van der Waals surface area (Å²) in [5.74, 6) is 6.26. The Morgan fingerprint density at radius 1 is 1.15 bits per heavy atom. The molecule has 0 bridgehead atoms. The van der Waals surface area contributed by atoms with E-state index in [2.05, 4.69) is 69.7 Å². The van der Waals surface area contributed by atoms with Gasteiger partial charge in [0.15, 0.2) is 0 Å². The van der Waals surface area contributed by atoms with Crippen molar-refractivity contribution in [2.24, 2.45) is 0 Å². The highest BCUT2D eigenvalue weighted by atomic mass is 127. The van der Waals surface area contributed by atoms with Gasteiger partial charge in [-0.2, -0.15) is 0 Å². The van der Waals surface area contributed by atoms with E-state index in [1.165, 1.54) is 23.3 Å². The number of nitrogens with zero attached hydrogens (tertiary/aromatic N) is 2. The number of rotatable bonds is 4. The molecule has 1 heterocycles. The monoisotopic (exact) mass is 458 g/mol. The van der Waals surface area contributed by atoms with Crippen LogP contribution in [0.2, 0.25) is 0 Å². The zero-order valence-electron chi connectivity index (χ0n) is 14.3. The maximum atomic E-state index is 10.7. The Kier molecular flexibility index (Phi) is 6.42. The molecule has 0 radical (unpaired) electrons. The van der Waals surface area contributed by atoms with Crippen LogP contribution in [0.5, 0.6) is 0 Å². The van der Waals surface area contributed by atoms with Crippen LogP contribution in [0.25, 0.3) is 5.57 Å². The molecule has 5 heteroatoms. The molecule has 3 rings (SSSR count). The summed E-state index contributed by atoms with van der Waals surface area (Å²) < 4.78 is 0.467. The van der Waals surface area contributed by atoms with E-state index < -0.39 is 4.92 Å². The highest BCUT2D eigenvalue weighted by molar-refractivity contribution is 14.1. The van der Waals surface area contributed by atoms with Crippen LogP contribution in [0.15, 0.2) is 60.7 Å². The second-order valence-electron chi connectivity index (χ2n) is 6.08. The van der Waals surface area contributed by atoms with Crippen LogP contribution in [-0.2, 0) is 0 Å². The molecule has 0 spiro atoms. The summed E-state index contributed by atoms with van der Waals surface area (Å²) >= 11 is 2.51. The molecule has 0 saturated carbocycles. The van der Waals surface area contributed by atoms with Crippen LogP contribution in [-0.4, -0.2) is 27.0 Å². The molecular weight excluding hydrogens is 439 g/mol. The van der Waals surface area contributed by atoms with Crippen molar-refractivity contribution in [2.45, 2.75) is 16.9 Å². The van der Waals surface area contributed by atoms with Crippen molar-refractivity contribution < 1.29 is 4.92 Å². The minimum atomic E-state index is -0.397. The van der Waals surface area contributed by atoms with Crippen LogP contribution in [0.1, 0.15) is 24.0 Å². The number of benzene rings is 2. The van der Waals surface area contributed by atoms with E-state index in [1.807, 2.05) is 6.07 Å². The maximum absolute atomic E-state index is 10.7. The van der Waals surface area contributed by atoms with Gasteiger partial charge in [-0.1, -0.05) is 70.8 Å². The Morgan fingerprint density at radius 2 is 1.88 bits per heavy atom. The summed E-state index contributed by atoms with van der Waals surface area (Å²) in [5.41, 5.74) is 3.63. The van der Waals surface area contributed by atoms with Gasteiger partial charge in [-0.25, -0.2) is 0 Å². The molecule has 132 valence electrons. The van der Waals surface area contributed by atoms with Crippen molar-refractivity contribution in [2.75, 3.05) is 13.1 Å². The second-order valence-corrected chi connectivity index (χ2v) is 7.52. The molecule has 0 aromatic heterocycles. The number of non-ortho nitro benzene ring substituents is 1. The Balaban J connectivity index is 1.53. The smallest absolute Gasteiger partial charge is 0.269 e. The van der Waals surface area contributed by atoms with Gasteiger partial charge in [-0.15, -0.1) is 0 Å². The van der Waals surface area contributed by atoms with Gasteiger partial charge in [-0.3, -0.25) is 15.0 Å². The van der Waals surface area contributed by atoms with Crippen molar-refractivity contribution in [1.29, 1.82) is 0 Å². The SMILES string of the molecule is O=[N+]([O-])c1ccc(C#CCCN2CC=C(c3ccccc3)CC2I)cc1. The summed E-state index contributed by atoms with van der Waals surface area (Å²) in [6.45, 7) is 1.86. The van der Waals surface area contributed by atoms with Crippen molar-refractivity contribution >= 4 is 33.9 Å². The predicted molar refractivity (Wildman–Crippen MR) is 113 cm³/mol. The fraction of sp³-hybridized carbons (Fsp3) is 0.238. The predicted octanol–water partition coefficient (Wildman–Crippen LogP) is 4.89. The van der Waals surface area contributed by atoms with Crippen molar-refractivity contribution in [3.8, 4) is 11.8 Å². The van der Waals surface area contributed by atoms with Crippen LogP contribution in [0.3, 0.4) is 0 Å². The van der Waals surface area contributed by atoms with Gasteiger partial charge in [0.25, 0.3) is 5.69 Å². The highest BCUT2D eigenvalue weighted by Gasteiger charge is 2.20. The first-order chi connectivity index (χ1) is 12.6. The molecule has 0 aliphatic carbocycles. The van der Waals surface area contributed by atoms with Gasteiger partial charge in [0, 0.05) is 37.2 Å². The first kappa shape index (κ1) is 18.6. The number of hydrogen-bond donors (Lipinski definition) is 0. The third kappa shape index (κ3) is 4.93. The average molecular weight is 458 g/mol. The molecule has 0 saturated heterocycles. The van der Waals surface area contributed by atoms with Crippen molar-refractivity contribution in [1.82, 2.24) is 4.90 Å². The molecule has 0 N–H and O–H groups in total. The molecule has 2 aromatic rings. The number of nitro benzene ring substituents is 1. The van der Waals surface area contributed by atoms with Gasteiger partial charge < -0.3 is 0 Å². The molecule has 4 nitrogen and oxygen atoms in total. The van der Waals surface area contributed by atoms with E-state index in [4.69, 9.17) is 0 Å². The Bertz CT molecular complexity index is 851. The van der Waals surface area contributed by atoms with Crippen molar-refractivity contribution in [3.05, 3.63) is 81.9 Å². The van der Waals surface area contributed by atoms with E-state index in [-0.39, 0.29) is 5.69 Å². The molecular formula is C21H19IN2O2. The third-order valence-corrected chi connectivity index (χ3v) is 5.56. The minimum absolute atomic E-state index is 0.0950. The molecule has 26 heavy (non-hydrogen) atoms. The molecule has 1 aliphatic heterocycles. The Morgan fingerprint density at radius 3 is 2.54 bits per heavy atom. The molecule has 1 aliphatic rings. The molecule has 1 unspecified atom stereocenters. The largest absolute Gasteiger partial charge is 0.287 e. The lowest BCUT2D eigenvalue weighted by atomic mass is 9.99. The molecule has 1 atom stereocenters. The lowest BCUT2D eigenvalue weighted by Crippen LogP contribution is -2.35. The molecule has 2 aromatic carbocycles. The summed E-state index contributed by atoms with van der Waals surface area (Å²) in [5, 5.41) is 10.7. The van der Waals surface area contributed by atoms with Gasteiger partial charge in [0.05, 0.1) is 8.97 Å². The topological polar surface area (TPSA) is 46.4 Å². The van der Waals surface area contributed by atoms with Crippen LogP contribution >= 0.6 is 22.6 Å². The Labute approximate surface area is 167 Å². The molecule has 0 amide bonds. The zero-order chi connectivity index (χ0) is 18.4. The van der Waals surface area contributed by atoms with Gasteiger partial charge >= 0.3 is 0 Å². The van der Waals surface area contributed by atoms with E-state index in [9.17, 15) is 10.1 Å². The number of hydrogen-bond acceptors (Lipinski definition) is 3. The van der Waals surface area contributed by atoms with Crippen LogP contribution < -0.4 is 0 Å². The summed E-state index contributed by atoms with van der Waals surface area (Å²) in [7, 11) is 0. The summed E-state index contributed by atoms with van der Waals surface area (Å²) in [6, 6.07) is 16.9. The van der Waals surface area contributed by atoms with Crippen molar-refractivity contribution in [3.63, 3.8) is 0 Å². The Hall–Kier alpha value is -2.17. The van der Waals surface area contributed by atoms with Gasteiger partial charge in [0.2, 0.25) is 0 Å².